The molecule has 1 aromatic heterocycles. The molecule has 25 heavy (non-hydrogen) atoms. The van der Waals surface area contributed by atoms with E-state index in [0.717, 1.165) is 33.9 Å². The number of amides is 1. The Morgan fingerprint density at radius 2 is 1.92 bits per heavy atom. The second-order valence-corrected chi connectivity index (χ2v) is 6.65. The molecule has 2 aromatic carbocycles. The summed E-state index contributed by atoms with van der Waals surface area (Å²) >= 11 is 5.99. The van der Waals surface area contributed by atoms with Crippen molar-refractivity contribution in [3.63, 3.8) is 0 Å². The molecule has 0 aliphatic carbocycles. The summed E-state index contributed by atoms with van der Waals surface area (Å²) < 4.78 is 2.16. The van der Waals surface area contributed by atoms with E-state index in [1.54, 1.807) is 0 Å². The van der Waals surface area contributed by atoms with Crippen molar-refractivity contribution in [2.24, 2.45) is 0 Å². The molecule has 0 saturated heterocycles. The summed E-state index contributed by atoms with van der Waals surface area (Å²) in [5, 5.41) is 3.77. The molecule has 5 heteroatoms. The molecule has 4 nitrogen and oxygen atoms in total. The molecule has 1 amide bonds. The van der Waals surface area contributed by atoms with Crippen molar-refractivity contribution in [1.29, 1.82) is 0 Å². The number of hydrogen-bond acceptors (Lipinski definition) is 2. The van der Waals surface area contributed by atoms with E-state index >= 15 is 0 Å². The molecular formula is C20H22ClN3O. The van der Waals surface area contributed by atoms with Gasteiger partial charge < -0.3 is 9.88 Å². The molecular weight excluding hydrogens is 334 g/mol. The van der Waals surface area contributed by atoms with Crippen LogP contribution in [-0.4, -0.2) is 15.5 Å². The van der Waals surface area contributed by atoms with Gasteiger partial charge in [-0.15, -0.1) is 0 Å². The van der Waals surface area contributed by atoms with E-state index in [1.165, 1.54) is 0 Å². The van der Waals surface area contributed by atoms with Crippen molar-refractivity contribution in [1.82, 2.24) is 14.9 Å². The van der Waals surface area contributed by atoms with E-state index in [2.05, 4.69) is 16.0 Å². The Morgan fingerprint density at radius 3 is 2.64 bits per heavy atom. The number of para-hydroxylation sites is 2. The van der Waals surface area contributed by atoms with Gasteiger partial charge in [-0.1, -0.05) is 42.8 Å². The number of aromatic nitrogens is 2. The maximum atomic E-state index is 12.0. The van der Waals surface area contributed by atoms with E-state index < -0.39 is 0 Å². The molecule has 0 saturated carbocycles. The van der Waals surface area contributed by atoms with Gasteiger partial charge >= 0.3 is 0 Å². The number of imidazole rings is 1. The maximum absolute atomic E-state index is 12.0. The minimum Gasteiger partial charge on any atom is -0.346 e. The number of halogens is 1. The smallest absolute Gasteiger partial charge is 0.220 e. The maximum Gasteiger partial charge on any atom is 0.220 e. The number of carbonyl (C=O) groups excluding carboxylic acids is 1. The van der Waals surface area contributed by atoms with E-state index in [1.807, 2.05) is 56.3 Å². The molecule has 0 aliphatic heterocycles. The van der Waals surface area contributed by atoms with E-state index in [9.17, 15) is 4.79 Å². The number of fused-ring (bicyclic) bond motifs is 1. The highest BCUT2D eigenvalue weighted by Gasteiger charge is 2.18. The molecule has 130 valence electrons. The number of nitrogens with one attached hydrogen (secondary N) is 1. The Kier molecular flexibility index (Phi) is 5.39. The average Bonchev–Trinajstić information content (AvgIpc) is 2.96. The van der Waals surface area contributed by atoms with Crippen LogP contribution in [0.4, 0.5) is 0 Å². The minimum atomic E-state index is -0.154. The zero-order valence-electron chi connectivity index (χ0n) is 14.5. The Bertz CT molecular complexity index is 870. The largest absolute Gasteiger partial charge is 0.346 e. The van der Waals surface area contributed by atoms with Crippen molar-refractivity contribution in [3.8, 4) is 0 Å². The average molecular weight is 356 g/mol. The second-order valence-electron chi connectivity index (χ2n) is 6.21. The van der Waals surface area contributed by atoms with E-state index in [4.69, 9.17) is 16.6 Å². The van der Waals surface area contributed by atoms with Crippen LogP contribution >= 0.6 is 11.6 Å². The fourth-order valence-electron chi connectivity index (χ4n) is 2.97. The first kappa shape index (κ1) is 17.5. The SMILES string of the molecule is CCCC(=O)NC(C)c1nc2ccccc2n1Cc1ccc(Cl)cc1. The summed E-state index contributed by atoms with van der Waals surface area (Å²) in [6.45, 7) is 4.66. The van der Waals surface area contributed by atoms with Crippen molar-refractivity contribution < 1.29 is 4.79 Å². The van der Waals surface area contributed by atoms with Crippen molar-refractivity contribution in [3.05, 3.63) is 64.9 Å². The Morgan fingerprint density at radius 1 is 1.20 bits per heavy atom. The van der Waals surface area contributed by atoms with Crippen molar-refractivity contribution in [2.45, 2.75) is 39.3 Å². The standard InChI is InChI=1S/C20H22ClN3O/c1-3-6-19(25)22-14(2)20-23-17-7-4-5-8-18(17)24(20)13-15-9-11-16(21)12-10-15/h4-5,7-12,14H,3,6,13H2,1-2H3,(H,22,25). The van der Waals surface area contributed by atoms with Crippen molar-refractivity contribution >= 4 is 28.5 Å². The third-order valence-electron chi connectivity index (χ3n) is 4.18. The first-order valence-corrected chi connectivity index (χ1v) is 8.95. The highest BCUT2D eigenvalue weighted by atomic mass is 35.5. The van der Waals surface area contributed by atoms with Gasteiger partial charge in [0.05, 0.1) is 17.1 Å². The molecule has 1 atom stereocenters. The summed E-state index contributed by atoms with van der Waals surface area (Å²) in [5.74, 6) is 0.917. The lowest BCUT2D eigenvalue weighted by atomic mass is 10.2. The minimum absolute atomic E-state index is 0.0556. The molecule has 3 rings (SSSR count). The van der Waals surface area contributed by atoms with Gasteiger partial charge in [-0.05, 0) is 43.2 Å². The summed E-state index contributed by atoms with van der Waals surface area (Å²) in [6.07, 6.45) is 1.36. The lowest BCUT2D eigenvalue weighted by Crippen LogP contribution is -2.28. The van der Waals surface area contributed by atoms with Crippen LogP contribution in [-0.2, 0) is 11.3 Å². The molecule has 0 spiro atoms. The molecule has 1 unspecified atom stereocenters. The van der Waals surface area contributed by atoms with Gasteiger partial charge in [-0.25, -0.2) is 4.98 Å². The second kappa shape index (κ2) is 7.70. The molecule has 0 aliphatic rings. The van der Waals surface area contributed by atoms with Gasteiger partial charge in [0.15, 0.2) is 0 Å². The van der Waals surface area contributed by atoms with Crippen LogP contribution in [0.2, 0.25) is 5.02 Å². The highest BCUT2D eigenvalue weighted by Crippen LogP contribution is 2.23. The zero-order valence-corrected chi connectivity index (χ0v) is 15.3. The quantitative estimate of drug-likeness (QED) is 0.695. The third kappa shape index (κ3) is 4.02. The summed E-state index contributed by atoms with van der Waals surface area (Å²) in [6, 6.07) is 15.7. The van der Waals surface area contributed by atoms with Crippen molar-refractivity contribution in [2.75, 3.05) is 0 Å². The van der Waals surface area contributed by atoms with Gasteiger partial charge in [0.2, 0.25) is 5.91 Å². The normalized spacial score (nSPS) is 12.3. The number of nitrogens with zero attached hydrogens (tertiary/aromatic N) is 2. The molecule has 0 bridgehead atoms. The molecule has 3 aromatic rings. The number of hydrogen-bond donors (Lipinski definition) is 1. The first-order valence-electron chi connectivity index (χ1n) is 8.57. The molecule has 0 fully saturated rings. The van der Waals surface area contributed by atoms with Gasteiger partial charge in [0.25, 0.3) is 0 Å². The number of rotatable bonds is 6. The van der Waals surface area contributed by atoms with Crippen LogP contribution in [0, 0.1) is 0 Å². The Hall–Kier alpha value is -2.33. The van der Waals surface area contributed by atoms with Gasteiger partial charge in [0, 0.05) is 18.0 Å². The van der Waals surface area contributed by atoms with Crippen LogP contribution < -0.4 is 5.32 Å². The predicted octanol–water partition coefficient (Wildman–Crippen LogP) is 4.72. The Labute approximate surface area is 152 Å². The molecule has 0 radical (unpaired) electrons. The van der Waals surface area contributed by atoms with Crippen LogP contribution in [0.25, 0.3) is 11.0 Å². The third-order valence-corrected chi connectivity index (χ3v) is 4.43. The zero-order chi connectivity index (χ0) is 17.8. The molecule has 1 heterocycles. The van der Waals surface area contributed by atoms with Gasteiger partial charge in [-0.2, -0.15) is 0 Å². The van der Waals surface area contributed by atoms with Gasteiger partial charge in [-0.3, -0.25) is 4.79 Å². The van der Waals surface area contributed by atoms with Gasteiger partial charge in [0.1, 0.15) is 5.82 Å². The highest BCUT2D eigenvalue weighted by molar-refractivity contribution is 6.30. The summed E-state index contributed by atoms with van der Waals surface area (Å²) in [4.78, 5) is 16.7. The van der Waals surface area contributed by atoms with Crippen LogP contribution in [0.1, 0.15) is 44.1 Å². The van der Waals surface area contributed by atoms with Crippen LogP contribution in [0.3, 0.4) is 0 Å². The summed E-state index contributed by atoms with van der Waals surface area (Å²) in [7, 11) is 0. The fourth-order valence-corrected chi connectivity index (χ4v) is 3.09. The predicted molar refractivity (Wildman–Crippen MR) is 102 cm³/mol. The van der Waals surface area contributed by atoms with Crippen LogP contribution in [0.15, 0.2) is 48.5 Å². The number of benzene rings is 2. The topological polar surface area (TPSA) is 46.9 Å². The van der Waals surface area contributed by atoms with Crippen LogP contribution in [0.5, 0.6) is 0 Å². The first-order chi connectivity index (χ1) is 12.1. The van der Waals surface area contributed by atoms with E-state index in [0.29, 0.717) is 13.0 Å². The lowest BCUT2D eigenvalue weighted by molar-refractivity contribution is -0.121. The number of carbonyl (C=O) groups is 1. The summed E-state index contributed by atoms with van der Waals surface area (Å²) in [5.41, 5.74) is 3.13. The Balaban J connectivity index is 1.96. The fraction of sp³-hybridized carbons (Fsp3) is 0.300. The molecule has 1 N–H and O–H groups in total. The lowest BCUT2D eigenvalue weighted by Gasteiger charge is -2.16. The van der Waals surface area contributed by atoms with E-state index in [-0.39, 0.29) is 11.9 Å². The monoisotopic (exact) mass is 355 g/mol.